The van der Waals surface area contributed by atoms with Crippen molar-refractivity contribution in [1.82, 2.24) is 9.97 Å². The van der Waals surface area contributed by atoms with Gasteiger partial charge in [-0.05, 0) is 42.8 Å². The number of benzene rings is 2. The minimum Gasteiger partial charge on any atom is -0.490 e. The van der Waals surface area contributed by atoms with Crippen LogP contribution < -0.4 is 14.5 Å². The Morgan fingerprint density at radius 1 is 1.00 bits per heavy atom. The van der Waals surface area contributed by atoms with Gasteiger partial charge in [0.25, 0.3) is 0 Å². The zero-order valence-electron chi connectivity index (χ0n) is 18.3. The number of aromatic nitrogens is 2. The van der Waals surface area contributed by atoms with Crippen LogP contribution >= 0.6 is 0 Å². The number of halogens is 1. The molecule has 0 bridgehead atoms. The highest BCUT2D eigenvalue weighted by Crippen LogP contribution is 2.41. The number of piperidine rings is 1. The van der Waals surface area contributed by atoms with E-state index in [-0.39, 0.29) is 11.0 Å². The maximum atomic E-state index is 14.8. The average Bonchev–Trinajstić information content (AvgIpc) is 3.24. The Balaban J connectivity index is 1.31. The zero-order chi connectivity index (χ0) is 23.0. The van der Waals surface area contributed by atoms with Crippen molar-refractivity contribution in [2.45, 2.75) is 30.3 Å². The fraction of sp³-hybridized carbons (Fsp3) is 0.333. The first-order chi connectivity index (χ1) is 15.9. The average molecular weight is 469 g/mol. The lowest BCUT2D eigenvalue weighted by atomic mass is 10.1. The van der Waals surface area contributed by atoms with E-state index in [2.05, 4.69) is 14.9 Å². The van der Waals surface area contributed by atoms with E-state index in [1.807, 2.05) is 29.2 Å². The van der Waals surface area contributed by atoms with Crippen molar-refractivity contribution in [2.75, 3.05) is 35.7 Å². The third-order valence-corrected chi connectivity index (χ3v) is 7.30. The van der Waals surface area contributed by atoms with Gasteiger partial charge in [0, 0.05) is 62.4 Å². The summed E-state index contributed by atoms with van der Waals surface area (Å²) in [6.45, 7) is 2.26. The largest absolute Gasteiger partial charge is 0.490 e. The number of ether oxygens (including phenoxy) is 1. The predicted molar refractivity (Wildman–Crippen MR) is 125 cm³/mol. The van der Waals surface area contributed by atoms with Gasteiger partial charge in [0.2, 0.25) is 5.95 Å². The normalized spacial score (nSPS) is 16.7. The molecule has 33 heavy (non-hydrogen) atoms. The summed E-state index contributed by atoms with van der Waals surface area (Å²) in [5, 5.41) is 0. The van der Waals surface area contributed by atoms with Crippen LogP contribution in [0.2, 0.25) is 0 Å². The molecule has 9 heteroatoms. The minimum atomic E-state index is -3.46. The molecule has 172 valence electrons. The standard InChI is InChI=1S/C24H25FN4O3S/c1-33(30,31)18-6-7-22(20(25)16-18)29-15-10-19-21(29)4-2-5-23(19)32-17-8-13-28(14-9-17)24-26-11-3-12-27-24/h2-7,11-12,16-17H,8-10,13-15H2,1H3. The Morgan fingerprint density at radius 3 is 2.45 bits per heavy atom. The highest BCUT2D eigenvalue weighted by molar-refractivity contribution is 7.90. The van der Waals surface area contributed by atoms with E-state index in [0.717, 1.165) is 67.6 Å². The molecule has 1 aromatic heterocycles. The van der Waals surface area contributed by atoms with Crippen LogP contribution in [0.4, 0.5) is 21.7 Å². The van der Waals surface area contributed by atoms with Crippen molar-refractivity contribution in [3.8, 4) is 5.75 Å². The maximum Gasteiger partial charge on any atom is 0.225 e. The number of nitrogens with zero attached hydrogens (tertiary/aromatic N) is 4. The van der Waals surface area contributed by atoms with Crippen molar-refractivity contribution < 1.29 is 17.5 Å². The van der Waals surface area contributed by atoms with Crippen molar-refractivity contribution in [1.29, 1.82) is 0 Å². The Labute approximate surface area is 192 Å². The van der Waals surface area contributed by atoms with Gasteiger partial charge in [0.15, 0.2) is 9.84 Å². The number of fused-ring (bicyclic) bond motifs is 1. The van der Waals surface area contributed by atoms with Crippen molar-refractivity contribution in [2.24, 2.45) is 0 Å². The fourth-order valence-electron chi connectivity index (χ4n) is 4.51. The van der Waals surface area contributed by atoms with Gasteiger partial charge in [0.1, 0.15) is 17.7 Å². The molecule has 0 saturated carbocycles. The topological polar surface area (TPSA) is 75.6 Å². The molecule has 2 aliphatic heterocycles. The molecule has 5 rings (SSSR count). The molecule has 2 aromatic carbocycles. The molecule has 7 nitrogen and oxygen atoms in total. The first kappa shape index (κ1) is 21.6. The lowest BCUT2D eigenvalue weighted by Gasteiger charge is -2.32. The summed E-state index contributed by atoms with van der Waals surface area (Å²) in [7, 11) is -3.46. The minimum absolute atomic E-state index is 0.0208. The van der Waals surface area contributed by atoms with Crippen LogP contribution in [0.15, 0.2) is 59.8 Å². The van der Waals surface area contributed by atoms with Gasteiger partial charge in [-0.15, -0.1) is 0 Å². The molecule has 1 fully saturated rings. The molecular weight excluding hydrogens is 443 g/mol. The van der Waals surface area contributed by atoms with Crippen LogP contribution in [0.25, 0.3) is 0 Å². The monoisotopic (exact) mass is 468 g/mol. The molecule has 1 saturated heterocycles. The first-order valence-corrected chi connectivity index (χ1v) is 12.9. The Morgan fingerprint density at radius 2 is 1.76 bits per heavy atom. The summed E-state index contributed by atoms with van der Waals surface area (Å²) in [5.41, 5.74) is 2.32. The third-order valence-electron chi connectivity index (χ3n) is 6.19. The zero-order valence-corrected chi connectivity index (χ0v) is 19.1. The van der Waals surface area contributed by atoms with E-state index in [1.54, 1.807) is 12.4 Å². The fourth-order valence-corrected chi connectivity index (χ4v) is 5.14. The highest BCUT2D eigenvalue weighted by atomic mass is 32.2. The Bertz CT molecular complexity index is 1260. The van der Waals surface area contributed by atoms with E-state index in [9.17, 15) is 12.8 Å². The van der Waals surface area contributed by atoms with E-state index in [4.69, 9.17) is 4.74 Å². The summed E-state index contributed by atoms with van der Waals surface area (Å²) in [5.74, 6) is 1.03. The van der Waals surface area contributed by atoms with Gasteiger partial charge < -0.3 is 14.5 Å². The molecule has 0 atom stereocenters. The molecule has 0 N–H and O–H groups in total. The van der Waals surface area contributed by atoms with Gasteiger partial charge >= 0.3 is 0 Å². The lowest BCUT2D eigenvalue weighted by Crippen LogP contribution is -2.39. The molecule has 0 spiro atoms. The number of hydrogen-bond donors (Lipinski definition) is 0. The third kappa shape index (κ3) is 4.37. The first-order valence-electron chi connectivity index (χ1n) is 11.0. The van der Waals surface area contributed by atoms with Gasteiger partial charge in [-0.2, -0.15) is 0 Å². The second kappa shape index (κ2) is 8.62. The highest BCUT2D eigenvalue weighted by Gasteiger charge is 2.28. The van der Waals surface area contributed by atoms with Gasteiger partial charge in [0.05, 0.1) is 10.6 Å². The summed E-state index contributed by atoms with van der Waals surface area (Å²) in [6, 6.07) is 11.7. The second-order valence-corrected chi connectivity index (χ2v) is 10.4. The van der Waals surface area contributed by atoms with Crippen LogP contribution in [0.3, 0.4) is 0 Å². The summed E-state index contributed by atoms with van der Waals surface area (Å²) in [6.07, 6.45) is 7.14. The molecule has 0 unspecified atom stereocenters. The van der Waals surface area contributed by atoms with Crippen LogP contribution in [-0.2, 0) is 16.3 Å². The van der Waals surface area contributed by atoms with Crippen molar-refractivity contribution >= 4 is 27.2 Å². The quantitative estimate of drug-likeness (QED) is 0.564. The SMILES string of the molecule is CS(=O)(=O)c1ccc(N2CCc3c(OC4CCN(c5ncccn5)CC4)cccc32)c(F)c1. The van der Waals surface area contributed by atoms with Crippen LogP contribution in [-0.4, -0.2) is 50.4 Å². The maximum absolute atomic E-state index is 14.8. The molecule has 2 aliphatic rings. The summed E-state index contributed by atoms with van der Waals surface area (Å²) in [4.78, 5) is 12.7. The molecule has 0 radical (unpaired) electrons. The molecule has 3 heterocycles. The number of rotatable bonds is 5. The molecule has 0 aliphatic carbocycles. The number of hydrogen-bond acceptors (Lipinski definition) is 7. The predicted octanol–water partition coefficient (Wildman–Crippen LogP) is 3.76. The van der Waals surface area contributed by atoms with E-state index in [0.29, 0.717) is 12.2 Å². The Hall–Kier alpha value is -3.20. The van der Waals surface area contributed by atoms with Gasteiger partial charge in [-0.1, -0.05) is 6.07 Å². The van der Waals surface area contributed by atoms with E-state index < -0.39 is 15.7 Å². The molecular formula is C24H25FN4O3S. The van der Waals surface area contributed by atoms with Crippen LogP contribution in [0.5, 0.6) is 5.75 Å². The number of anilines is 3. The number of sulfone groups is 1. The molecule has 0 amide bonds. The summed E-state index contributed by atoms with van der Waals surface area (Å²) >= 11 is 0. The van der Waals surface area contributed by atoms with Gasteiger partial charge in [-0.3, -0.25) is 0 Å². The van der Waals surface area contributed by atoms with Crippen LogP contribution in [0.1, 0.15) is 18.4 Å². The van der Waals surface area contributed by atoms with E-state index >= 15 is 0 Å². The second-order valence-electron chi connectivity index (χ2n) is 8.39. The van der Waals surface area contributed by atoms with Crippen LogP contribution in [0, 0.1) is 5.82 Å². The van der Waals surface area contributed by atoms with Crippen molar-refractivity contribution in [3.63, 3.8) is 0 Å². The lowest BCUT2D eigenvalue weighted by molar-refractivity contribution is 0.169. The van der Waals surface area contributed by atoms with Gasteiger partial charge in [-0.25, -0.2) is 22.8 Å². The van der Waals surface area contributed by atoms with Crippen molar-refractivity contribution in [3.05, 3.63) is 66.2 Å². The Kier molecular flexibility index (Phi) is 5.65. The smallest absolute Gasteiger partial charge is 0.225 e. The van der Waals surface area contributed by atoms with E-state index in [1.165, 1.54) is 12.1 Å². The summed E-state index contributed by atoms with van der Waals surface area (Å²) < 4.78 is 44.7. The molecule has 3 aromatic rings.